The van der Waals surface area contributed by atoms with Gasteiger partial charge in [-0.15, -0.1) is 0 Å². The summed E-state index contributed by atoms with van der Waals surface area (Å²) in [6.45, 7) is 0. The fourth-order valence-corrected chi connectivity index (χ4v) is 0.793. The predicted octanol–water partition coefficient (Wildman–Crippen LogP) is 0.189. The van der Waals surface area contributed by atoms with Gasteiger partial charge in [-0.3, -0.25) is 0 Å². The van der Waals surface area contributed by atoms with Gasteiger partial charge in [-0.2, -0.15) is 0 Å². The Kier molecular flexibility index (Phi) is 1.26. The topological polar surface area (TPSA) is 15.8 Å². The fourth-order valence-electron chi connectivity index (χ4n) is 0.304. The maximum atomic E-state index is 2.94. The van der Waals surface area contributed by atoms with Crippen LogP contribution in [0.4, 0.5) is 0 Å². The normalized spacial score (nSPS) is 8.83. The molecular formula is C4H4AtN. The monoisotopic (exact) mass is 276 g/mol. The van der Waals surface area contributed by atoms with E-state index in [1.54, 1.807) is 24.7 Å². The summed E-state index contributed by atoms with van der Waals surface area (Å²) in [5.41, 5.74) is 0. The van der Waals surface area contributed by atoms with Crippen molar-refractivity contribution in [1.29, 1.82) is 0 Å². The molecule has 1 N–H and O–H groups in total. The fraction of sp³-hybridized carbons (Fsp3) is 0. The zero-order valence-corrected chi connectivity index (χ0v) is 6.05. The summed E-state index contributed by atoms with van der Waals surface area (Å²) in [6.07, 6.45) is 3.91. The molecule has 32 valence electrons. The molecule has 0 saturated carbocycles. The summed E-state index contributed by atoms with van der Waals surface area (Å²) in [4.78, 5) is 2.94. The van der Waals surface area contributed by atoms with E-state index in [0.29, 0.717) is 0 Å². The van der Waals surface area contributed by atoms with Crippen molar-refractivity contribution >= 4 is 3.27 Å². The second-order valence-electron chi connectivity index (χ2n) is 1.03. The molecule has 0 amide bonds. The minimum absolute atomic E-state index is 1.34. The van der Waals surface area contributed by atoms with E-state index in [1.165, 1.54) is 3.27 Å². The number of rotatable bonds is 0. The van der Waals surface area contributed by atoms with Gasteiger partial charge in [0.05, 0.1) is 0 Å². The van der Waals surface area contributed by atoms with Crippen LogP contribution < -0.4 is 3.27 Å². The van der Waals surface area contributed by atoms with E-state index >= 15 is 0 Å². The quantitative estimate of drug-likeness (QED) is 0.696. The van der Waals surface area contributed by atoms with Crippen LogP contribution in [0.2, 0.25) is 0 Å². The first-order chi connectivity index (χ1) is 2.89. The molecule has 1 heterocycles. The molecule has 0 spiro atoms. The van der Waals surface area contributed by atoms with E-state index in [2.05, 4.69) is 11.1 Å². The van der Waals surface area contributed by atoms with E-state index in [0.717, 1.165) is 0 Å². The standard InChI is InChI=1S/C4H4AtN/c5-4-1-2-6-3-4/h1-3,6H. The first kappa shape index (κ1) is 4.33. The van der Waals surface area contributed by atoms with Gasteiger partial charge in [-0.05, 0) is 0 Å². The zero-order chi connectivity index (χ0) is 4.41. The van der Waals surface area contributed by atoms with Gasteiger partial charge in [0.15, 0.2) is 0 Å². The summed E-state index contributed by atoms with van der Waals surface area (Å²) in [5, 5.41) is 0. The number of aromatic amines is 1. The molecule has 0 bridgehead atoms. The van der Waals surface area contributed by atoms with Gasteiger partial charge in [0.1, 0.15) is 0 Å². The Hall–Kier alpha value is 0.163. The Morgan fingerprint density at radius 3 is 2.67 bits per heavy atom. The van der Waals surface area contributed by atoms with Gasteiger partial charge in [0.25, 0.3) is 0 Å². The molecular weight excluding hydrogens is 272 g/mol. The Morgan fingerprint density at radius 1 is 1.67 bits per heavy atom. The predicted molar refractivity (Wildman–Crippen MR) is 20.4 cm³/mol. The van der Waals surface area contributed by atoms with Gasteiger partial charge in [-0.1, -0.05) is 0 Å². The summed E-state index contributed by atoms with van der Waals surface area (Å²) >= 11 is 1.70. The molecule has 0 radical (unpaired) electrons. The van der Waals surface area contributed by atoms with Crippen molar-refractivity contribution in [2.45, 2.75) is 0 Å². The molecule has 1 rings (SSSR count). The van der Waals surface area contributed by atoms with E-state index in [1.807, 2.05) is 12.4 Å². The number of nitrogens with one attached hydrogen (secondary N) is 1. The number of hydrogen-bond acceptors (Lipinski definition) is 0. The van der Waals surface area contributed by atoms with Crippen LogP contribution in [0.5, 0.6) is 0 Å². The zero-order valence-electron chi connectivity index (χ0n) is 3.11. The van der Waals surface area contributed by atoms with Crippen LogP contribution >= 0.6 is 0 Å². The van der Waals surface area contributed by atoms with Crippen molar-refractivity contribution in [2.75, 3.05) is 0 Å². The van der Waals surface area contributed by atoms with Crippen LogP contribution in [0.3, 0.4) is 0 Å². The third-order valence-corrected chi connectivity index (χ3v) is 1.47. The summed E-state index contributed by atoms with van der Waals surface area (Å²) in [7, 11) is 0. The average Bonchev–Trinajstić information content (AvgIpc) is 1.86. The van der Waals surface area contributed by atoms with Crippen LogP contribution in [0.15, 0.2) is 18.5 Å². The summed E-state index contributed by atoms with van der Waals surface area (Å²) in [6, 6.07) is 2.05. The maximum absolute atomic E-state index is 2.94. The van der Waals surface area contributed by atoms with Gasteiger partial charge >= 0.3 is 51.4 Å². The number of hydrogen-bond donors (Lipinski definition) is 1. The molecule has 0 fully saturated rings. The summed E-state index contributed by atoms with van der Waals surface area (Å²) in [5.74, 6) is 0. The average molecular weight is 276 g/mol. The first-order valence-corrected chi connectivity index (χ1v) is 3.15. The van der Waals surface area contributed by atoms with E-state index in [9.17, 15) is 0 Å². The number of aromatic nitrogens is 1. The molecule has 0 saturated heterocycles. The van der Waals surface area contributed by atoms with Crippen molar-refractivity contribution in [2.24, 2.45) is 0 Å². The Morgan fingerprint density at radius 2 is 2.50 bits per heavy atom. The van der Waals surface area contributed by atoms with Crippen molar-refractivity contribution in [3.05, 3.63) is 18.5 Å². The van der Waals surface area contributed by atoms with Crippen molar-refractivity contribution < 1.29 is 24.7 Å². The Bertz CT molecular complexity index is 111. The van der Waals surface area contributed by atoms with Gasteiger partial charge in [-0.25, -0.2) is 0 Å². The molecule has 0 atom stereocenters. The van der Waals surface area contributed by atoms with Gasteiger partial charge in [0, 0.05) is 0 Å². The van der Waals surface area contributed by atoms with E-state index in [-0.39, 0.29) is 0 Å². The molecule has 1 aromatic heterocycles. The van der Waals surface area contributed by atoms with E-state index < -0.39 is 0 Å². The van der Waals surface area contributed by atoms with Crippen molar-refractivity contribution in [3.8, 4) is 0 Å². The van der Waals surface area contributed by atoms with Crippen LogP contribution in [0.25, 0.3) is 0 Å². The first-order valence-electron chi connectivity index (χ1n) is 1.68. The third kappa shape index (κ3) is 0.812. The Balaban J connectivity index is 3.05. The van der Waals surface area contributed by atoms with Gasteiger partial charge < -0.3 is 0 Å². The molecule has 0 aliphatic carbocycles. The molecule has 0 aliphatic heterocycles. The molecule has 1 nitrogen and oxygen atoms in total. The second kappa shape index (κ2) is 1.74. The van der Waals surface area contributed by atoms with Crippen LogP contribution in [0.1, 0.15) is 0 Å². The molecule has 2 heteroatoms. The molecule has 1 aromatic rings. The van der Waals surface area contributed by atoms with Crippen LogP contribution in [-0.4, -0.2) is 4.98 Å². The Labute approximate surface area is 51.6 Å². The molecule has 0 unspecified atom stereocenters. The summed E-state index contributed by atoms with van der Waals surface area (Å²) < 4.78 is 1.34. The van der Waals surface area contributed by atoms with Crippen LogP contribution in [0, 0.1) is 24.7 Å². The van der Waals surface area contributed by atoms with Crippen LogP contribution in [-0.2, 0) is 0 Å². The van der Waals surface area contributed by atoms with Gasteiger partial charge in [0.2, 0.25) is 0 Å². The SMILES string of the molecule is [At]c1cc[nH]c1. The molecule has 0 aromatic carbocycles. The molecule has 6 heavy (non-hydrogen) atoms. The minimum atomic E-state index is 1.34. The number of H-pyrrole nitrogens is 1. The van der Waals surface area contributed by atoms with Crippen molar-refractivity contribution in [3.63, 3.8) is 0 Å². The van der Waals surface area contributed by atoms with Crippen molar-refractivity contribution in [1.82, 2.24) is 4.98 Å². The molecule has 0 aliphatic rings. The van der Waals surface area contributed by atoms with E-state index in [4.69, 9.17) is 0 Å². The third-order valence-electron chi connectivity index (χ3n) is 0.560. The second-order valence-corrected chi connectivity index (χ2v) is 2.73.